The molecule has 1 rings (SSSR count). The van der Waals surface area contributed by atoms with E-state index in [9.17, 15) is 0 Å². The average Bonchev–Trinajstić information content (AvgIpc) is 1.92. The van der Waals surface area contributed by atoms with Crippen molar-refractivity contribution in [2.45, 2.75) is 32.9 Å². The molecule has 66 valence electrons. The summed E-state index contributed by atoms with van der Waals surface area (Å²) in [4.78, 5) is 0. The zero-order chi connectivity index (χ0) is 9.35. The first-order valence-corrected chi connectivity index (χ1v) is 4.86. The van der Waals surface area contributed by atoms with Crippen LogP contribution in [0.1, 0.15) is 30.5 Å². The van der Waals surface area contributed by atoms with Gasteiger partial charge in [0.05, 0.1) is 0 Å². The lowest BCUT2D eigenvalue weighted by Crippen LogP contribution is -2.09. The minimum atomic E-state index is 0.191. The van der Waals surface area contributed by atoms with Crippen LogP contribution in [0.25, 0.3) is 0 Å². The molecule has 0 radical (unpaired) electrons. The van der Waals surface area contributed by atoms with Crippen molar-refractivity contribution in [3.63, 3.8) is 0 Å². The van der Waals surface area contributed by atoms with E-state index >= 15 is 0 Å². The quantitative estimate of drug-likeness (QED) is 0.581. The first-order valence-electron chi connectivity index (χ1n) is 4.28. The van der Waals surface area contributed by atoms with Crippen LogP contribution >= 0.6 is 9.24 Å². The van der Waals surface area contributed by atoms with Gasteiger partial charge in [-0.3, -0.25) is 0 Å². The van der Waals surface area contributed by atoms with Gasteiger partial charge in [0.1, 0.15) is 0 Å². The molecule has 0 amide bonds. The van der Waals surface area contributed by atoms with Gasteiger partial charge >= 0.3 is 0 Å². The molecular weight excluding hydrogens is 163 g/mol. The third kappa shape index (κ3) is 1.87. The summed E-state index contributed by atoms with van der Waals surface area (Å²) < 4.78 is 0. The maximum Gasteiger partial charge on any atom is 0.00440 e. The van der Waals surface area contributed by atoms with E-state index in [1.54, 1.807) is 0 Å². The van der Waals surface area contributed by atoms with E-state index in [1.807, 2.05) is 0 Å². The lowest BCUT2D eigenvalue weighted by molar-refractivity contribution is 0.773. The molecule has 0 bridgehead atoms. The van der Waals surface area contributed by atoms with E-state index in [0.29, 0.717) is 0 Å². The molecule has 1 aromatic rings. The van der Waals surface area contributed by atoms with Crippen molar-refractivity contribution in [3.05, 3.63) is 34.9 Å². The Labute approximate surface area is 77.6 Å². The molecule has 0 spiro atoms. The minimum absolute atomic E-state index is 0.191. The molecule has 1 aromatic carbocycles. The third-order valence-electron chi connectivity index (χ3n) is 2.30. The molecule has 0 aromatic heterocycles. The fraction of sp³-hybridized carbons (Fsp3) is 0.455. The number of benzene rings is 1. The Hall–Kier alpha value is -0.350. The summed E-state index contributed by atoms with van der Waals surface area (Å²) in [6, 6.07) is 6.49. The van der Waals surface area contributed by atoms with Gasteiger partial charge in [-0.05, 0) is 30.5 Å². The normalized spacial score (nSPS) is 11.8. The van der Waals surface area contributed by atoms with Gasteiger partial charge in [0.15, 0.2) is 0 Å². The summed E-state index contributed by atoms with van der Waals surface area (Å²) in [6.07, 6.45) is 0. The first-order chi connectivity index (χ1) is 5.43. The highest BCUT2D eigenvalue weighted by molar-refractivity contribution is 7.18. The van der Waals surface area contributed by atoms with Crippen molar-refractivity contribution in [2.75, 3.05) is 0 Å². The second-order valence-electron chi connectivity index (χ2n) is 3.97. The number of hydrogen-bond acceptors (Lipinski definition) is 0. The smallest absolute Gasteiger partial charge is 0.00440 e. The van der Waals surface area contributed by atoms with Crippen molar-refractivity contribution in [1.82, 2.24) is 0 Å². The second kappa shape index (κ2) is 3.18. The number of hydrogen-bond donors (Lipinski definition) is 0. The molecule has 0 saturated carbocycles. The van der Waals surface area contributed by atoms with Crippen LogP contribution in [0.5, 0.6) is 0 Å². The van der Waals surface area contributed by atoms with E-state index in [2.05, 4.69) is 55.1 Å². The van der Waals surface area contributed by atoms with E-state index in [0.717, 1.165) is 0 Å². The fourth-order valence-electron chi connectivity index (χ4n) is 1.45. The Morgan fingerprint density at radius 1 is 1.17 bits per heavy atom. The van der Waals surface area contributed by atoms with Crippen LogP contribution in [0, 0.1) is 13.8 Å². The van der Waals surface area contributed by atoms with E-state index in [1.165, 1.54) is 16.7 Å². The molecule has 0 heterocycles. The highest BCUT2D eigenvalue weighted by Gasteiger charge is 2.16. The standard InChI is InChI=1S/C11H17P/c1-8-6-5-7-10(9(8)2)11(3,4)12/h5-7H,12H2,1-4H3. The van der Waals surface area contributed by atoms with Crippen molar-refractivity contribution >= 4 is 9.24 Å². The number of aryl methyl sites for hydroxylation is 1. The first kappa shape index (κ1) is 9.74. The molecule has 1 unspecified atom stereocenters. The van der Waals surface area contributed by atoms with Gasteiger partial charge in [0.2, 0.25) is 0 Å². The Morgan fingerprint density at radius 3 is 2.17 bits per heavy atom. The maximum absolute atomic E-state index is 2.89. The van der Waals surface area contributed by atoms with Gasteiger partial charge in [0.25, 0.3) is 0 Å². The Morgan fingerprint density at radius 2 is 1.75 bits per heavy atom. The highest BCUT2D eigenvalue weighted by atomic mass is 31.0. The summed E-state index contributed by atoms with van der Waals surface area (Å²) in [5.41, 5.74) is 4.22. The summed E-state index contributed by atoms with van der Waals surface area (Å²) >= 11 is 0. The largest absolute Gasteiger partial charge is 0.127 e. The van der Waals surface area contributed by atoms with Crippen LogP contribution < -0.4 is 0 Å². The SMILES string of the molecule is Cc1cccc(C(C)(C)P)c1C. The van der Waals surface area contributed by atoms with Crippen molar-refractivity contribution < 1.29 is 0 Å². The molecule has 0 fully saturated rings. The monoisotopic (exact) mass is 180 g/mol. The predicted octanol–water partition coefficient (Wildman–Crippen LogP) is 3.41. The van der Waals surface area contributed by atoms with Crippen LogP contribution in [0.3, 0.4) is 0 Å². The van der Waals surface area contributed by atoms with Crippen LogP contribution in [0.2, 0.25) is 0 Å². The molecule has 1 atom stereocenters. The Bertz CT molecular complexity index is 282. The van der Waals surface area contributed by atoms with Gasteiger partial charge in [0, 0.05) is 5.16 Å². The predicted molar refractivity (Wildman–Crippen MR) is 58.7 cm³/mol. The van der Waals surface area contributed by atoms with Crippen molar-refractivity contribution in [3.8, 4) is 0 Å². The van der Waals surface area contributed by atoms with Crippen LogP contribution in [-0.4, -0.2) is 0 Å². The average molecular weight is 180 g/mol. The van der Waals surface area contributed by atoms with E-state index in [4.69, 9.17) is 0 Å². The molecule has 0 nitrogen and oxygen atoms in total. The van der Waals surface area contributed by atoms with Crippen molar-refractivity contribution in [1.29, 1.82) is 0 Å². The van der Waals surface area contributed by atoms with Crippen LogP contribution in [-0.2, 0) is 5.16 Å². The zero-order valence-electron chi connectivity index (χ0n) is 8.31. The van der Waals surface area contributed by atoms with Gasteiger partial charge in [-0.15, -0.1) is 9.24 Å². The minimum Gasteiger partial charge on any atom is -0.127 e. The van der Waals surface area contributed by atoms with E-state index < -0.39 is 0 Å². The highest BCUT2D eigenvalue weighted by Crippen LogP contribution is 2.33. The van der Waals surface area contributed by atoms with Gasteiger partial charge in [-0.2, -0.15) is 0 Å². The zero-order valence-corrected chi connectivity index (χ0v) is 9.46. The molecule has 1 heteroatoms. The summed E-state index contributed by atoms with van der Waals surface area (Å²) in [6.45, 7) is 8.80. The van der Waals surface area contributed by atoms with Gasteiger partial charge < -0.3 is 0 Å². The molecule has 0 saturated heterocycles. The molecule has 0 N–H and O–H groups in total. The second-order valence-corrected chi connectivity index (χ2v) is 5.41. The third-order valence-corrected chi connectivity index (χ3v) is 2.61. The molecule has 0 aliphatic heterocycles. The lowest BCUT2D eigenvalue weighted by Gasteiger charge is -2.22. The maximum atomic E-state index is 2.89. The van der Waals surface area contributed by atoms with Crippen molar-refractivity contribution in [2.24, 2.45) is 0 Å². The number of rotatable bonds is 1. The lowest BCUT2D eigenvalue weighted by atomic mass is 9.94. The van der Waals surface area contributed by atoms with Crippen LogP contribution in [0.15, 0.2) is 18.2 Å². The van der Waals surface area contributed by atoms with Gasteiger partial charge in [-0.25, -0.2) is 0 Å². The van der Waals surface area contributed by atoms with Crippen LogP contribution in [0.4, 0.5) is 0 Å². The fourth-order valence-corrected chi connectivity index (χ4v) is 1.76. The molecule has 0 aliphatic carbocycles. The van der Waals surface area contributed by atoms with Gasteiger partial charge in [-0.1, -0.05) is 32.0 Å². The topological polar surface area (TPSA) is 0 Å². The summed E-state index contributed by atoms with van der Waals surface area (Å²) in [5.74, 6) is 0. The molecule has 0 aliphatic rings. The summed E-state index contributed by atoms with van der Waals surface area (Å²) in [7, 11) is 2.89. The van der Waals surface area contributed by atoms with E-state index in [-0.39, 0.29) is 5.16 Å². The Balaban J connectivity index is 3.26. The molecular formula is C11H17P. The molecule has 12 heavy (non-hydrogen) atoms. The summed E-state index contributed by atoms with van der Waals surface area (Å²) in [5, 5.41) is 0.191. The Kier molecular flexibility index (Phi) is 2.58.